The Morgan fingerprint density at radius 3 is 2.60 bits per heavy atom. The van der Waals surface area contributed by atoms with E-state index >= 15 is 0 Å². The number of benzene rings is 1. The molecule has 0 aliphatic rings. The van der Waals surface area contributed by atoms with Crippen LogP contribution in [0.4, 0.5) is 4.39 Å². The first kappa shape index (κ1) is 17.1. The van der Waals surface area contributed by atoms with Crippen molar-refractivity contribution in [1.82, 2.24) is 19.9 Å². The van der Waals surface area contributed by atoms with Crippen LogP contribution < -0.4 is 10.1 Å². The van der Waals surface area contributed by atoms with Crippen molar-refractivity contribution in [3.8, 4) is 5.75 Å². The molecule has 2 atom stereocenters. The van der Waals surface area contributed by atoms with Gasteiger partial charge in [0, 0.05) is 31.0 Å². The Morgan fingerprint density at radius 2 is 1.96 bits per heavy atom. The zero-order chi connectivity index (χ0) is 17.8. The number of halogens is 1. The van der Waals surface area contributed by atoms with Crippen LogP contribution in [-0.2, 0) is 7.05 Å². The third-order valence-corrected chi connectivity index (χ3v) is 4.18. The maximum absolute atomic E-state index is 13.1. The van der Waals surface area contributed by atoms with E-state index in [9.17, 15) is 4.39 Å². The maximum atomic E-state index is 13.1. The number of nitrogens with zero attached hydrogens (tertiary/aromatic N) is 3. The van der Waals surface area contributed by atoms with Gasteiger partial charge >= 0.3 is 0 Å². The molecule has 0 saturated carbocycles. The highest BCUT2D eigenvalue weighted by atomic mass is 19.1. The number of pyridine rings is 1. The molecule has 0 aliphatic heterocycles. The van der Waals surface area contributed by atoms with Crippen LogP contribution in [0.3, 0.4) is 0 Å². The molecule has 0 amide bonds. The Labute approximate surface area is 146 Å². The lowest BCUT2D eigenvalue weighted by Crippen LogP contribution is -2.28. The third kappa shape index (κ3) is 3.69. The summed E-state index contributed by atoms with van der Waals surface area (Å²) in [7, 11) is 3.60. The van der Waals surface area contributed by atoms with E-state index in [1.54, 1.807) is 19.4 Å². The molecule has 3 rings (SSSR count). The summed E-state index contributed by atoms with van der Waals surface area (Å²) < 4.78 is 20.6. The highest BCUT2D eigenvalue weighted by molar-refractivity contribution is 5.39. The first-order valence-corrected chi connectivity index (χ1v) is 8.07. The molecule has 5 nitrogen and oxygen atoms in total. The largest absolute Gasteiger partial charge is 0.496 e. The Hall–Kier alpha value is -2.73. The summed E-state index contributed by atoms with van der Waals surface area (Å²) in [5.41, 5.74) is 1.74. The zero-order valence-corrected chi connectivity index (χ0v) is 14.5. The van der Waals surface area contributed by atoms with Crippen LogP contribution in [0.1, 0.15) is 36.1 Å². The molecule has 1 N–H and O–H groups in total. The number of para-hydroxylation sites is 1. The predicted molar refractivity (Wildman–Crippen MR) is 93.8 cm³/mol. The van der Waals surface area contributed by atoms with Crippen molar-refractivity contribution in [2.75, 3.05) is 7.11 Å². The minimum atomic E-state index is -0.346. The van der Waals surface area contributed by atoms with Gasteiger partial charge in [-0.15, -0.1) is 0 Å². The van der Waals surface area contributed by atoms with Crippen LogP contribution in [0.5, 0.6) is 5.75 Å². The van der Waals surface area contributed by atoms with E-state index in [1.165, 1.54) is 12.3 Å². The second-order valence-electron chi connectivity index (χ2n) is 5.86. The normalized spacial score (nSPS) is 13.4. The summed E-state index contributed by atoms with van der Waals surface area (Å²) in [6, 6.07) is 10.6. The number of hydrogen-bond donors (Lipinski definition) is 1. The van der Waals surface area contributed by atoms with Crippen LogP contribution in [0.15, 0.2) is 55.0 Å². The number of nitrogens with one attached hydrogen (secondary N) is 1. The molecule has 2 heterocycles. The SMILES string of the molecule is COc1ccccc1C(NC(C)c1ccc(F)cn1)c1nccn1C. The molecule has 3 aromatic rings. The second-order valence-corrected chi connectivity index (χ2v) is 5.86. The van der Waals surface area contributed by atoms with E-state index in [4.69, 9.17) is 4.74 Å². The molecule has 0 fully saturated rings. The summed E-state index contributed by atoms with van der Waals surface area (Å²) in [6.07, 6.45) is 4.90. The highest BCUT2D eigenvalue weighted by Gasteiger charge is 2.24. The standard InChI is InChI=1S/C19H21FN4O/c1-13(16-9-8-14(20)12-22-16)23-18(19-21-10-11-24(19)2)15-6-4-5-7-17(15)25-3/h4-13,18,23H,1-3H3. The van der Waals surface area contributed by atoms with Gasteiger partial charge in [-0.3, -0.25) is 10.3 Å². The maximum Gasteiger partial charge on any atom is 0.141 e. The fraction of sp³-hybridized carbons (Fsp3) is 0.263. The minimum Gasteiger partial charge on any atom is -0.496 e. The van der Waals surface area contributed by atoms with Gasteiger partial charge in [-0.05, 0) is 25.1 Å². The number of aromatic nitrogens is 3. The van der Waals surface area contributed by atoms with Crippen molar-refractivity contribution in [2.45, 2.75) is 19.0 Å². The van der Waals surface area contributed by atoms with Gasteiger partial charge < -0.3 is 9.30 Å². The van der Waals surface area contributed by atoms with Crippen molar-refractivity contribution in [1.29, 1.82) is 0 Å². The average Bonchev–Trinajstić information content (AvgIpc) is 3.06. The molecule has 0 saturated heterocycles. The van der Waals surface area contributed by atoms with Gasteiger partial charge in [-0.1, -0.05) is 18.2 Å². The van der Waals surface area contributed by atoms with E-state index in [-0.39, 0.29) is 17.9 Å². The van der Waals surface area contributed by atoms with Crippen molar-refractivity contribution in [2.24, 2.45) is 7.05 Å². The molecule has 6 heteroatoms. The van der Waals surface area contributed by atoms with Gasteiger partial charge in [0.05, 0.1) is 25.0 Å². The van der Waals surface area contributed by atoms with E-state index in [1.807, 2.05) is 49.0 Å². The van der Waals surface area contributed by atoms with Crippen LogP contribution in [0, 0.1) is 5.82 Å². The van der Waals surface area contributed by atoms with Gasteiger partial charge in [-0.2, -0.15) is 0 Å². The fourth-order valence-corrected chi connectivity index (χ4v) is 2.84. The lowest BCUT2D eigenvalue weighted by Gasteiger charge is -2.24. The van der Waals surface area contributed by atoms with Crippen LogP contribution in [-0.4, -0.2) is 21.6 Å². The molecule has 1 aromatic carbocycles. The van der Waals surface area contributed by atoms with E-state index in [2.05, 4.69) is 15.3 Å². The lowest BCUT2D eigenvalue weighted by atomic mass is 10.0. The first-order valence-electron chi connectivity index (χ1n) is 8.07. The molecule has 0 aliphatic carbocycles. The van der Waals surface area contributed by atoms with E-state index in [0.717, 1.165) is 22.8 Å². The van der Waals surface area contributed by atoms with Gasteiger partial charge in [0.2, 0.25) is 0 Å². The minimum absolute atomic E-state index is 0.104. The fourth-order valence-electron chi connectivity index (χ4n) is 2.84. The molecular formula is C19H21FN4O. The predicted octanol–water partition coefficient (Wildman–Crippen LogP) is 3.40. The highest BCUT2D eigenvalue weighted by Crippen LogP contribution is 2.31. The first-order chi connectivity index (χ1) is 12.1. The molecule has 0 bridgehead atoms. The number of rotatable bonds is 6. The summed E-state index contributed by atoms with van der Waals surface area (Å²) in [6.45, 7) is 1.99. The Kier molecular flexibility index (Phi) is 5.09. The number of ether oxygens (including phenoxy) is 1. The molecule has 0 spiro atoms. The lowest BCUT2D eigenvalue weighted by molar-refractivity contribution is 0.396. The summed E-state index contributed by atoms with van der Waals surface area (Å²) in [5, 5.41) is 3.54. The molecule has 0 radical (unpaired) electrons. The third-order valence-electron chi connectivity index (χ3n) is 4.18. The quantitative estimate of drug-likeness (QED) is 0.747. The number of methoxy groups -OCH3 is 1. The average molecular weight is 340 g/mol. The van der Waals surface area contributed by atoms with Crippen molar-refractivity contribution < 1.29 is 9.13 Å². The summed E-state index contributed by atoms with van der Waals surface area (Å²) in [4.78, 5) is 8.67. The van der Waals surface area contributed by atoms with Crippen molar-refractivity contribution >= 4 is 0 Å². The molecule has 2 unspecified atom stereocenters. The zero-order valence-electron chi connectivity index (χ0n) is 14.5. The van der Waals surface area contributed by atoms with Crippen molar-refractivity contribution in [3.05, 3.63) is 77.9 Å². The Bertz CT molecular complexity index is 831. The number of imidazole rings is 1. The van der Waals surface area contributed by atoms with Crippen LogP contribution >= 0.6 is 0 Å². The van der Waals surface area contributed by atoms with Crippen LogP contribution in [0.25, 0.3) is 0 Å². The topological polar surface area (TPSA) is 52.0 Å². The van der Waals surface area contributed by atoms with Gasteiger partial charge in [0.25, 0.3) is 0 Å². The molecular weight excluding hydrogens is 319 g/mol. The summed E-state index contributed by atoms with van der Waals surface area (Å²) in [5.74, 6) is 1.29. The smallest absolute Gasteiger partial charge is 0.141 e. The van der Waals surface area contributed by atoms with E-state index < -0.39 is 0 Å². The Balaban J connectivity index is 1.97. The monoisotopic (exact) mass is 340 g/mol. The van der Waals surface area contributed by atoms with Gasteiger partial charge in [0.1, 0.15) is 17.4 Å². The Morgan fingerprint density at radius 1 is 1.16 bits per heavy atom. The van der Waals surface area contributed by atoms with E-state index in [0.29, 0.717) is 0 Å². The molecule has 25 heavy (non-hydrogen) atoms. The number of hydrogen-bond acceptors (Lipinski definition) is 4. The van der Waals surface area contributed by atoms with Crippen LogP contribution in [0.2, 0.25) is 0 Å². The molecule has 130 valence electrons. The van der Waals surface area contributed by atoms with Gasteiger partial charge in [0.15, 0.2) is 0 Å². The molecule has 2 aromatic heterocycles. The van der Waals surface area contributed by atoms with Gasteiger partial charge in [-0.25, -0.2) is 9.37 Å². The second kappa shape index (κ2) is 7.44. The summed E-state index contributed by atoms with van der Waals surface area (Å²) >= 11 is 0. The van der Waals surface area contributed by atoms with Crippen molar-refractivity contribution in [3.63, 3.8) is 0 Å². The number of aryl methyl sites for hydroxylation is 1.